The number of aromatic nitrogens is 3. The van der Waals surface area contributed by atoms with Gasteiger partial charge >= 0.3 is 0 Å². The van der Waals surface area contributed by atoms with E-state index in [9.17, 15) is 9.90 Å². The molecule has 0 bridgehead atoms. The van der Waals surface area contributed by atoms with Gasteiger partial charge in [-0.2, -0.15) is 15.4 Å². The summed E-state index contributed by atoms with van der Waals surface area (Å²) in [5.41, 5.74) is -0.239. The molecule has 1 fully saturated rings. The summed E-state index contributed by atoms with van der Waals surface area (Å²) in [6.07, 6.45) is 3.35. The van der Waals surface area contributed by atoms with Crippen LogP contribution in [0, 0.1) is 0 Å². The van der Waals surface area contributed by atoms with Crippen molar-refractivity contribution in [1.82, 2.24) is 20.3 Å². The number of carbonyl (C=O) groups excluding carboxylic acids is 1. The molecule has 0 aromatic carbocycles. The van der Waals surface area contributed by atoms with E-state index in [1.165, 1.54) is 12.5 Å². The molecule has 0 spiro atoms. The Balaban J connectivity index is 1.80. The van der Waals surface area contributed by atoms with E-state index in [0.717, 1.165) is 0 Å². The number of nitrogens with zero attached hydrogens (tertiary/aromatic N) is 3. The van der Waals surface area contributed by atoms with Crippen molar-refractivity contribution in [2.75, 3.05) is 13.1 Å². The van der Waals surface area contributed by atoms with Crippen LogP contribution in [0.1, 0.15) is 22.5 Å². The lowest BCUT2D eigenvalue weighted by Crippen LogP contribution is -2.34. The predicted molar refractivity (Wildman–Crippen MR) is 67.2 cm³/mol. The number of β-amino-alcohol motifs (C(OH)–C–C–N with tert-alkyl or cyclic N) is 1. The zero-order valence-corrected chi connectivity index (χ0v) is 11.4. The molecule has 3 rings (SSSR count). The van der Waals surface area contributed by atoms with Crippen LogP contribution < -0.4 is 0 Å². The minimum Gasteiger partial charge on any atom is -0.457 e. The molecule has 2 aromatic rings. The van der Waals surface area contributed by atoms with Crippen molar-refractivity contribution in [3.05, 3.63) is 34.5 Å². The Morgan fingerprint density at radius 1 is 1.63 bits per heavy atom. The highest BCUT2D eigenvalue weighted by molar-refractivity contribution is 9.10. The highest BCUT2D eigenvalue weighted by atomic mass is 79.9. The number of likely N-dealkylation sites (tertiary alicyclic amines) is 1. The first kappa shape index (κ1) is 12.4. The Morgan fingerprint density at radius 3 is 3.11 bits per heavy atom. The normalized spacial score (nSPS) is 22.9. The standard InChI is InChI=1S/C11H11BrN4O3/c12-9-7(1-4-19-9)10(17)16-3-2-11(18,6-16)8-5-13-15-14-8/h1,4-5,18H,2-3,6H2,(H,13,14,15)/t11-/m0/s1. The van der Waals surface area contributed by atoms with E-state index in [1.807, 2.05) is 0 Å². The molecule has 0 aliphatic carbocycles. The molecule has 0 saturated carbocycles. The van der Waals surface area contributed by atoms with Gasteiger partial charge in [-0.1, -0.05) is 0 Å². The summed E-state index contributed by atoms with van der Waals surface area (Å²) < 4.78 is 5.45. The Morgan fingerprint density at radius 2 is 2.47 bits per heavy atom. The first-order valence-corrected chi connectivity index (χ1v) is 6.50. The van der Waals surface area contributed by atoms with Crippen molar-refractivity contribution in [3.63, 3.8) is 0 Å². The van der Waals surface area contributed by atoms with Crippen LogP contribution in [-0.2, 0) is 5.60 Å². The van der Waals surface area contributed by atoms with Gasteiger partial charge in [-0.3, -0.25) is 4.79 Å². The average Bonchev–Trinajstić information content (AvgIpc) is 3.08. The topological polar surface area (TPSA) is 95.3 Å². The number of H-pyrrole nitrogens is 1. The number of furan rings is 1. The number of halogens is 1. The molecule has 0 unspecified atom stereocenters. The summed E-state index contributed by atoms with van der Waals surface area (Å²) in [5.74, 6) is -0.181. The van der Waals surface area contributed by atoms with Crippen LogP contribution in [0.15, 0.2) is 27.6 Å². The summed E-state index contributed by atoms with van der Waals surface area (Å²) in [4.78, 5) is 13.8. The zero-order chi connectivity index (χ0) is 13.5. The maximum Gasteiger partial charge on any atom is 0.258 e. The largest absolute Gasteiger partial charge is 0.457 e. The van der Waals surface area contributed by atoms with Crippen LogP contribution in [0.4, 0.5) is 0 Å². The van der Waals surface area contributed by atoms with E-state index >= 15 is 0 Å². The molecule has 7 nitrogen and oxygen atoms in total. The molecule has 2 aromatic heterocycles. The predicted octanol–water partition coefficient (Wildman–Crippen LogP) is 0.894. The summed E-state index contributed by atoms with van der Waals surface area (Å²) >= 11 is 3.18. The van der Waals surface area contributed by atoms with Crippen LogP contribution in [0.5, 0.6) is 0 Å². The Kier molecular flexibility index (Phi) is 2.90. The SMILES string of the molecule is O=C(c1ccoc1Br)N1CC[C@@](O)(c2cn[nH]n2)C1. The molecular weight excluding hydrogens is 316 g/mol. The van der Waals surface area contributed by atoms with Crippen LogP contribution >= 0.6 is 15.9 Å². The average molecular weight is 327 g/mol. The molecule has 8 heteroatoms. The van der Waals surface area contributed by atoms with E-state index in [1.54, 1.807) is 11.0 Å². The van der Waals surface area contributed by atoms with E-state index in [2.05, 4.69) is 31.3 Å². The van der Waals surface area contributed by atoms with Gasteiger partial charge < -0.3 is 14.4 Å². The lowest BCUT2D eigenvalue weighted by atomic mass is 10.00. The maximum absolute atomic E-state index is 12.3. The minimum absolute atomic E-state index is 0.181. The number of hydrogen-bond donors (Lipinski definition) is 2. The molecule has 1 aliphatic rings. The van der Waals surface area contributed by atoms with E-state index < -0.39 is 5.60 Å². The van der Waals surface area contributed by atoms with Gasteiger partial charge in [0.25, 0.3) is 5.91 Å². The Hall–Kier alpha value is -1.67. The fourth-order valence-electron chi connectivity index (χ4n) is 2.22. The number of aromatic amines is 1. The molecule has 2 N–H and O–H groups in total. The summed E-state index contributed by atoms with van der Waals surface area (Å²) in [7, 11) is 0. The van der Waals surface area contributed by atoms with Gasteiger partial charge in [0.1, 0.15) is 11.3 Å². The van der Waals surface area contributed by atoms with E-state index in [0.29, 0.717) is 28.9 Å². The molecule has 1 aliphatic heterocycles. The Bertz CT molecular complexity index is 597. The summed E-state index contributed by atoms with van der Waals surface area (Å²) in [6, 6.07) is 1.60. The number of amides is 1. The lowest BCUT2D eigenvalue weighted by Gasteiger charge is -2.20. The van der Waals surface area contributed by atoms with Crippen molar-refractivity contribution in [2.24, 2.45) is 0 Å². The first-order chi connectivity index (χ1) is 9.10. The monoisotopic (exact) mass is 326 g/mol. The number of hydrogen-bond acceptors (Lipinski definition) is 5. The van der Waals surface area contributed by atoms with Gasteiger partial charge in [0.15, 0.2) is 4.67 Å². The van der Waals surface area contributed by atoms with Crippen molar-refractivity contribution in [1.29, 1.82) is 0 Å². The van der Waals surface area contributed by atoms with Crippen molar-refractivity contribution >= 4 is 21.8 Å². The molecule has 1 saturated heterocycles. The van der Waals surface area contributed by atoms with Gasteiger partial charge in [0, 0.05) is 13.0 Å². The quantitative estimate of drug-likeness (QED) is 0.854. The van der Waals surface area contributed by atoms with Crippen LogP contribution in [0.25, 0.3) is 0 Å². The number of rotatable bonds is 2. The van der Waals surface area contributed by atoms with Crippen LogP contribution in [0.3, 0.4) is 0 Å². The molecular formula is C11H11BrN4O3. The molecule has 19 heavy (non-hydrogen) atoms. The van der Waals surface area contributed by atoms with Crippen LogP contribution in [-0.4, -0.2) is 44.4 Å². The van der Waals surface area contributed by atoms with Gasteiger partial charge in [-0.05, 0) is 22.0 Å². The summed E-state index contributed by atoms with van der Waals surface area (Å²) in [5, 5.41) is 20.5. The second-order valence-corrected chi connectivity index (χ2v) is 5.19. The van der Waals surface area contributed by atoms with Crippen molar-refractivity contribution < 1.29 is 14.3 Å². The second kappa shape index (κ2) is 4.46. The van der Waals surface area contributed by atoms with Gasteiger partial charge in [0.05, 0.1) is 24.6 Å². The van der Waals surface area contributed by atoms with Crippen molar-refractivity contribution in [2.45, 2.75) is 12.0 Å². The molecule has 0 radical (unpaired) electrons. The number of carbonyl (C=O) groups is 1. The lowest BCUT2D eigenvalue weighted by molar-refractivity contribution is 0.0381. The second-order valence-electron chi connectivity index (χ2n) is 4.47. The highest BCUT2D eigenvalue weighted by Crippen LogP contribution is 2.31. The molecule has 1 amide bonds. The van der Waals surface area contributed by atoms with Gasteiger partial charge in [-0.15, -0.1) is 0 Å². The highest BCUT2D eigenvalue weighted by Gasteiger charge is 2.42. The number of nitrogens with one attached hydrogen (secondary N) is 1. The van der Waals surface area contributed by atoms with Gasteiger partial charge in [-0.25, -0.2) is 0 Å². The number of aliphatic hydroxyl groups is 1. The zero-order valence-electron chi connectivity index (χ0n) is 9.84. The van der Waals surface area contributed by atoms with E-state index in [-0.39, 0.29) is 12.5 Å². The van der Waals surface area contributed by atoms with E-state index in [4.69, 9.17) is 4.42 Å². The minimum atomic E-state index is -1.14. The van der Waals surface area contributed by atoms with Gasteiger partial charge in [0.2, 0.25) is 0 Å². The van der Waals surface area contributed by atoms with Crippen molar-refractivity contribution in [3.8, 4) is 0 Å². The molecule has 3 heterocycles. The summed E-state index contributed by atoms with van der Waals surface area (Å²) in [6.45, 7) is 0.649. The fourth-order valence-corrected chi connectivity index (χ4v) is 2.63. The smallest absolute Gasteiger partial charge is 0.258 e. The Labute approximate surface area is 116 Å². The third-order valence-electron chi connectivity index (χ3n) is 3.28. The third-order valence-corrected chi connectivity index (χ3v) is 3.89. The molecule has 100 valence electrons. The fraction of sp³-hybridized carbons (Fsp3) is 0.364. The maximum atomic E-state index is 12.3. The first-order valence-electron chi connectivity index (χ1n) is 5.71. The molecule has 1 atom stereocenters. The third kappa shape index (κ3) is 2.06. The van der Waals surface area contributed by atoms with Crippen LogP contribution in [0.2, 0.25) is 0 Å².